The minimum absolute atomic E-state index is 0.0346. The molecule has 6 aromatic rings. The average Bonchev–Trinajstić information content (AvgIpc) is 3.62. The molecule has 2 saturated heterocycles. The van der Waals surface area contributed by atoms with Crippen molar-refractivity contribution >= 4 is 39.8 Å². The molecule has 0 atom stereocenters. The van der Waals surface area contributed by atoms with Gasteiger partial charge in [0.25, 0.3) is 0 Å². The Morgan fingerprint density at radius 3 is 2.44 bits per heavy atom. The zero-order valence-corrected chi connectivity index (χ0v) is 33.4. The van der Waals surface area contributed by atoms with Crippen molar-refractivity contribution in [2.45, 2.75) is 26.4 Å². The van der Waals surface area contributed by atoms with E-state index in [1.54, 1.807) is 13.0 Å². The van der Waals surface area contributed by atoms with Gasteiger partial charge in [-0.25, -0.2) is 4.57 Å². The fourth-order valence-corrected chi connectivity index (χ4v) is 8.67. The molecule has 5 heterocycles. The molecule has 15 heteroatoms. The Hall–Kier alpha value is -6.38. The van der Waals surface area contributed by atoms with Crippen molar-refractivity contribution in [3.05, 3.63) is 113 Å². The molecule has 3 N–H and O–H groups in total. The molecule has 59 heavy (non-hydrogen) atoms. The number of aryl methyl sites for hydroxylation is 1. The third-order valence-corrected chi connectivity index (χ3v) is 11.9. The SMILES string of the molecule is C=CC(=O)N1CCN(c2nc(OCC3CN(Cc4ccc(-n5c(O)nnc5-c5cc(C)c(O)cc5O)cc4)C3)nc3c2CCN(c2cccc4cccc(Cl)c24)C3)CC1. The summed E-state index contributed by atoms with van der Waals surface area (Å²) in [6.45, 7) is 12.2. The van der Waals surface area contributed by atoms with Crippen molar-refractivity contribution in [2.24, 2.45) is 5.92 Å². The molecule has 1 amide bonds. The number of halogens is 1. The van der Waals surface area contributed by atoms with E-state index in [1.807, 2.05) is 41.3 Å². The van der Waals surface area contributed by atoms with Gasteiger partial charge in [-0.2, -0.15) is 9.97 Å². The van der Waals surface area contributed by atoms with E-state index in [-0.39, 0.29) is 29.2 Å². The van der Waals surface area contributed by atoms with Crippen LogP contribution in [0.5, 0.6) is 23.5 Å². The molecule has 0 radical (unpaired) electrons. The Kier molecular flexibility index (Phi) is 10.2. The summed E-state index contributed by atoms with van der Waals surface area (Å²) >= 11 is 6.75. The molecule has 3 aliphatic heterocycles. The number of rotatable bonds is 10. The van der Waals surface area contributed by atoms with Crippen LogP contribution in [0.2, 0.25) is 5.02 Å². The number of fused-ring (bicyclic) bond motifs is 2. The summed E-state index contributed by atoms with van der Waals surface area (Å²) in [6, 6.07) is 22.9. The van der Waals surface area contributed by atoms with Crippen LogP contribution in [0.1, 0.15) is 22.4 Å². The van der Waals surface area contributed by atoms with Crippen LogP contribution in [-0.2, 0) is 24.3 Å². The highest BCUT2D eigenvalue weighted by atomic mass is 35.5. The number of ether oxygens (including phenoxy) is 1. The van der Waals surface area contributed by atoms with E-state index in [4.69, 9.17) is 26.3 Å². The number of carbonyl (C=O) groups is 1. The van der Waals surface area contributed by atoms with Gasteiger partial charge in [-0.3, -0.25) is 9.69 Å². The maximum absolute atomic E-state index is 12.3. The normalized spacial score (nSPS) is 15.9. The highest BCUT2D eigenvalue weighted by Gasteiger charge is 2.31. The van der Waals surface area contributed by atoms with Crippen molar-refractivity contribution in [2.75, 3.05) is 62.2 Å². The number of carbonyl (C=O) groups excluding carboxylic acids is 1. The molecular formula is C44H44ClN9O5. The molecule has 2 aromatic heterocycles. The Bertz CT molecular complexity index is 2560. The predicted molar refractivity (Wildman–Crippen MR) is 226 cm³/mol. The van der Waals surface area contributed by atoms with Crippen LogP contribution < -0.4 is 14.5 Å². The number of nitrogens with zero attached hydrogens (tertiary/aromatic N) is 9. The Morgan fingerprint density at radius 1 is 0.915 bits per heavy atom. The highest BCUT2D eigenvalue weighted by molar-refractivity contribution is 6.36. The molecule has 0 unspecified atom stereocenters. The zero-order valence-electron chi connectivity index (χ0n) is 32.6. The van der Waals surface area contributed by atoms with Crippen LogP contribution in [-0.4, -0.2) is 108 Å². The molecule has 14 nitrogen and oxygen atoms in total. The van der Waals surface area contributed by atoms with Gasteiger partial charge in [0.15, 0.2) is 5.82 Å². The third kappa shape index (κ3) is 7.45. The van der Waals surface area contributed by atoms with E-state index in [9.17, 15) is 20.1 Å². The first-order valence-corrected chi connectivity index (χ1v) is 20.1. The standard InChI is InChI=1S/C44H44ClN9O5/c1-3-39(57)51-16-18-52(19-17-51)41-32-14-15-53(36-9-5-7-30-6-4-8-34(45)40(30)36)25-35(32)46-43(47-41)59-26-29-23-50(24-29)22-28-10-12-31(13-11-28)54-42(48-49-44(54)58)33-20-27(2)37(55)21-38(33)56/h3-13,20-21,29,55-56H,1,14-19,22-26H2,2H3,(H,49,58). The number of phenolic OH excluding ortho intramolecular Hbond substituents is 2. The van der Waals surface area contributed by atoms with Gasteiger partial charge in [0, 0.05) is 81.0 Å². The number of aromatic nitrogens is 5. The van der Waals surface area contributed by atoms with Crippen LogP contribution in [0.15, 0.2) is 85.5 Å². The van der Waals surface area contributed by atoms with Crippen molar-refractivity contribution < 1.29 is 24.9 Å². The number of anilines is 2. The first kappa shape index (κ1) is 38.2. The lowest BCUT2D eigenvalue weighted by Gasteiger charge is -2.39. The van der Waals surface area contributed by atoms with Gasteiger partial charge >= 0.3 is 12.0 Å². The van der Waals surface area contributed by atoms with E-state index < -0.39 is 0 Å². The molecule has 0 spiro atoms. The number of amides is 1. The number of likely N-dealkylation sites (tertiary alicyclic amines) is 1. The van der Waals surface area contributed by atoms with Crippen molar-refractivity contribution in [3.8, 4) is 40.6 Å². The molecule has 3 aliphatic rings. The van der Waals surface area contributed by atoms with Crippen LogP contribution in [0.25, 0.3) is 27.8 Å². The van der Waals surface area contributed by atoms with Crippen molar-refractivity contribution in [1.29, 1.82) is 0 Å². The van der Waals surface area contributed by atoms with Gasteiger partial charge < -0.3 is 34.8 Å². The number of piperazine rings is 1. The van der Waals surface area contributed by atoms with Crippen LogP contribution >= 0.6 is 11.6 Å². The van der Waals surface area contributed by atoms with E-state index in [2.05, 4.69) is 55.7 Å². The van der Waals surface area contributed by atoms with Gasteiger partial charge in [-0.15, -0.1) is 5.10 Å². The fourth-order valence-electron chi connectivity index (χ4n) is 8.39. The quantitative estimate of drug-likeness (QED) is 0.142. The summed E-state index contributed by atoms with van der Waals surface area (Å²) < 4.78 is 7.85. The average molecular weight is 814 g/mol. The molecular weight excluding hydrogens is 770 g/mol. The number of hydrogen-bond donors (Lipinski definition) is 3. The van der Waals surface area contributed by atoms with Gasteiger partial charge in [-0.1, -0.05) is 59.7 Å². The monoisotopic (exact) mass is 813 g/mol. The van der Waals surface area contributed by atoms with E-state index in [0.29, 0.717) is 68.1 Å². The second kappa shape index (κ2) is 15.8. The lowest BCUT2D eigenvalue weighted by atomic mass is 10.0. The van der Waals surface area contributed by atoms with E-state index in [0.717, 1.165) is 76.7 Å². The number of aromatic hydroxyl groups is 3. The minimum Gasteiger partial charge on any atom is -0.508 e. The largest absolute Gasteiger partial charge is 0.508 e. The molecule has 0 bridgehead atoms. The number of hydrogen-bond acceptors (Lipinski definition) is 12. The lowest BCUT2D eigenvalue weighted by molar-refractivity contribution is -0.126. The third-order valence-electron chi connectivity index (χ3n) is 11.5. The Balaban J connectivity index is 0.874. The molecule has 0 aliphatic carbocycles. The predicted octanol–water partition coefficient (Wildman–Crippen LogP) is 5.86. The highest BCUT2D eigenvalue weighted by Crippen LogP contribution is 2.38. The van der Waals surface area contributed by atoms with Crippen LogP contribution in [0, 0.1) is 12.8 Å². The topological polar surface area (TPSA) is 156 Å². The van der Waals surface area contributed by atoms with E-state index >= 15 is 0 Å². The minimum atomic E-state index is -0.312. The molecule has 302 valence electrons. The van der Waals surface area contributed by atoms with Gasteiger partial charge in [0.1, 0.15) is 17.3 Å². The Labute approximate surface area is 346 Å². The maximum Gasteiger partial charge on any atom is 0.319 e. The number of benzene rings is 4. The summed E-state index contributed by atoms with van der Waals surface area (Å²) in [6.07, 6.45) is 2.14. The Morgan fingerprint density at radius 2 is 1.68 bits per heavy atom. The van der Waals surface area contributed by atoms with E-state index in [1.165, 1.54) is 16.7 Å². The van der Waals surface area contributed by atoms with Crippen molar-refractivity contribution in [1.82, 2.24) is 34.5 Å². The number of phenols is 2. The van der Waals surface area contributed by atoms with Crippen LogP contribution in [0.3, 0.4) is 0 Å². The second-order valence-corrected chi connectivity index (χ2v) is 15.8. The van der Waals surface area contributed by atoms with Gasteiger partial charge in [-0.05, 0) is 66.3 Å². The van der Waals surface area contributed by atoms with Gasteiger partial charge in [0.05, 0.1) is 35.1 Å². The molecule has 9 rings (SSSR count). The molecule has 0 saturated carbocycles. The van der Waals surface area contributed by atoms with Gasteiger partial charge in [0.2, 0.25) is 5.91 Å². The smallest absolute Gasteiger partial charge is 0.319 e. The summed E-state index contributed by atoms with van der Waals surface area (Å²) in [4.78, 5) is 31.1. The second-order valence-electron chi connectivity index (χ2n) is 15.4. The summed E-state index contributed by atoms with van der Waals surface area (Å²) in [7, 11) is 0. The summed E-state index contributed by atoms with van der Waals surface area (Å²) in [5.74, 6) is 1.18. The molecule has 4 aromatic carbocycles. The van der Waals surface area contributed by atoms with Crippen molar-refractivity contribution in [3.63, 3.8) is 0 Å². The summed E-state index contributed by atoms with van der Waals surface area (Å²) in [5.41, 5.74) is 5.76. The first-order valence-electron chi connectivity index (χ1n) is 19.7. The lowest BCUT2D eigenvalue weighted by Crippen LogP contribution is -2.49. The fraction of sp³-hybridized carbons (Fsp3) is 0.295. The maximum atomic E-state index is 12.3. The first-order chi connectivity index (χ1) is 28.6. The van der Waals surface area contributed by atoms with Crippen LogP contribution in [0.4, 0.5) is 11.5 Å². The molecule has 2 fully saturated rings. The summed E-state index contributed by atoms with van der Waals surface area (Å²) in [5, 5.41) is 41.9. The zero-order chi connectivity index (χ0) is 40.8.